The number of anilines is 1. The molecule has 2 aromatic rings. The normalized spacial score (nSPS) is 10.4. The Morgan fingerprint density at radius 3 is 2.60 bits per heavy atom. The fourth-order valence-corrected chi connectivity index (χ4v) is 3.16. The quantitative estimate of drug-likeness (QED) is 0.794. The van der Waals surface area contributed by atoms with E-state index in [4.69, 9.17) is 11.6 Å². The number of carbonyl (C=O) groups is 2. The van der Waals surface area contributed by atoms with E-state index >= 15 is 0 Å². The number of thioether (sulfide) groups is 1. The highest BCUT2D eigenvalue weighted by Gasteiger charge is 2.13. The summed E-state index contributed by atoms with van der Waals surface area (Å²) >= 11 is 7.38. The number of rotatable bonds is 7. The number of halogens is 2. The molecule has 0 radical (unpaired) electrons. The van der Waals surface area contributed by atoms with Crippen LogP contribution in [0.15, 0.2) is 48.5 Å². The van der Waals surface area contributed by atoms with E-state index in [1.807, 2.05) is 18.2 Å². The molecule has 0 fully saturated rings. The summed E-state index contributed by atoms with van der Waals surface area (Å²) in [5.41, 5.74) is 1.53. The Bertz CT molecular complexity index is 740. The number of nitrogens with one attached hydrogen (secondary N) is 1. The van der Waals surface area contributed by atoms with E-state index in [2.05, 4.69) is 5.32 Å². The smallest absolute Gasteiger partial charge is 0.243 e. The predicted octanol–water partition coefficient (Wildman–Crippen LogP) is 3.81. The third-order valence-electron chi connectivity index (χ3n) is 3.32. The Hall–Kier alpha value is -2.05. The van der Waals surface area contributed by atoms with E-state index in [9.17, 15) is 14.0 Å². The maximum Gasteiger partial charge on any atom is 0.243 e. The van der Waals surface area contributed by atoms with Crippen LogP contribution in [-0.4, -0.2) is 36.1 Å². The van der Waals surface area contributed by atoms with E-state index in [-0.39, 0.29) is 29.9 Å². The summed E-state index contributed by atoms with van der Waals surface area (Å²) in [6.45, 7) is -0.0616. The number of benzene rings is 2. The predicted molar refractivity (Wildman–Crippen MR) is 100 cm³/mol. The number of likely N-dealkylation sites (N-methyl/N-ethyl adjacent to an activating group) is 1. The first kappa shape index (κ1) is 19.3. The van der Waals surface area contributed by atoms with Gasteiger partial charge in [0, 0.05) is 23.5 Å². The van der Waals surface area contributed by atoms with Gasteiger partial charge in [0.1, 0.15) is 5.82 Å². The fourth-order valence-electron chi connectivity index (χ4n) is 2.03. The molecule has 0 bridgehead atoms. The average Bonchev–Trinajstić information content (AvgIpc) is 2.57. The molecule has 2 aromatic carbocycles. The van der Waals surface area contributed by atoms with E-state index in [1.165, 1.54) is 40.9 Å². The second-order valence-corrected chi connectivity index (χ2v) is 6.85. The number of carbonyl (C=O) groups excluding carboxylic acids is 2. The summed E-state index contributed by atoms with van der Waals surface area (Å²) in [5.74, 6) is 0.0972. The zero-order chi connectivity index (χ0) is 18.2. The first-order chi connectivity index (χ1) is 11.9. The molecule has 0 saturated carbocycles. The third kappa shape index (κ3) is 6.76. The Labute approximate surface area is 155 Å². The van der Waals surface area contributed by atoms with Crippen LogP contribution in [0.25, 0.3) is 0 Å². The van der Waals surface area contributed by atoms with Gasteiger partial charge >= 0.3 is 0 Å². The van der Waals surface area contributed by atoms with E-state index in [0.29, 0.717) is 16.5 Å². The van der Waals surface area contributed by atoms with Crippen LogP contribution in [0, 0.1) is 5.82 Å². The van der Waals surface area contributed by atoms with Gasteiger partial charge in [-0.1, -0.05) is 23.7 Å². The Morgan fingerprint density at radius 1 is 1.20 bits per heavy atom. The lowest BCUT2D eigenvalue weighted by Gasteiger charge is -2.16. The number of hydrogen-bond donors (Lipinski definition) is 1. The van der Waals surface area contributed by atoms with Crippen LogP contribution in [-0.2, 0) is 15.3 Å². The summed E-state index contributed by atoms with van der Waals surface area (Å²) in [6, 6.07) is 12.9. The summed E-state index contributed by atoms with van der Waals surface area (Å²) in [7, 11) is 1.58. The minimum absolute atomic E-state index is 0.0616. The lowest BCUT2D eigenvalue weighted by Crippen LogP contribution is -2.35. The van der Waals surface area contributed by atoms with Gasteiger partial charge in [-0.25, -0.2) is 4.39 Å². The molecule has 0 spiro atoms. The molecule has 0 saturated heterocycles. The molecule has 0 heterocycles. The molecule has 132 valence electrons. The molecule has 0 aliphatic carbocycles. The molecule has 1 N–H and O–H groups in total. The molecule has 7 heteroatoms. The first-order valence-corrected chi connectivity index (χ1v) is 9.09. The van der Waals surface area contributed by atoms with E-state index in [1.54, 1.807) is 13.1 Å². The summed E-state index contributed by atoms with van der Waals surface area (Å²) in [6.07, 6.45) is 0. The van der Waals surface area contributed by atoms with Crippen molar-refractivity contribution in [3.05, 3.63) is 64.9 Å². The highest BCUT2D eigenvalue weighted by Crippen LogP contribution is 2.17. The van der Waals surface area contributed by atoms with Crippen molar-refractivity contribution in [2.24, 2.45) is 0 Å². The van der Waals surface area contributed by atoms with Crippen LogP contribution in [0.2, 0.25) is 5.02 Å². The zero-order valence-electron chi connectivity index (χ0n) is 13.7. The van der Waals surface area contributed by atoms with E-state index < -0.39 is 0 Å². The van der Waals surface area contributed by atoms with Gasteiger partial charge < -0.3 is 10.2 Å². The molecular weight excluding hydrogens is 363 g/mol. The maximum atomic E-state index is 12.8. The molecule has 25 heavy (non-hydrogen) atoms. The average molecular weight is 381 g/mol. The highest BCUT2D eigenvalue weighted by atomic mass is 35.5. The van der Waals surface area contributed by atoms with Crippen molar-refractivity contribution in [2.45, 2.75) is 5.75 Å². The van der Waals surface area contributed by atoms with Crippen molar-refractivity contribution in [1.82, 2.24) is 4.90 Å². The molecule has 0 atom stereocenters. The number of hydrogen-bond acceptors (Lipinski definition) is 3. The van der Waals surface area contributed by atoms with Gasteiger partial charge in [0.2, 0.25) is 11.8 Å². The van der Waals surface area contributed by atoms with Crippen molar-refractivity contribution in [3.8, 4) is 0 Å². The van der Waals surface area contributed by atoms with Crippen molar-refractivity contribution in [2.75, 3.05) is 24.7 Å². The standard InChI is InChI=1S/C18H18ClFN2O2S/c1-22(10-17(23)21-16-7-5-15(20)6-8-16)18(24)12-25-11-13-3-2-4-14(19)9-13/h2-9H,10-12H2,1H3,(H,21,23). The minimum atomic E-state index is -0.373. The summed E-state index contributed by atoms with van der Waals surface area (Å²) in [5, 5.41) is 3.29. The fraction of sp³-hybridized carbons (Fsp3) is 0.222. The van der Waals surface area contributed by atoms with Crippen molar-refractivity contribution < 1.29 is 14.0 Å². The van der Waals surface area contributed by atoms with Gasteiger partial charge in [-0.2, -0.15) is 0 Å². The largest absolute Gasteiger partial charge is 0.336 e. The van der Waals surface area contributed by atoms with Gasteiger partial charge in [-0.15, -0.1) is 11.8 Å². The molecule has 2 rings (SSSR count). The summed E-state index contributed by atoms with van der Waals surface area (Å²) < 4.78 is 12.8. The molecule has 0 aromatic heterocycles. The molecule has 0 aliphatic heterocycles. The van der Waals surface area contributed by atoms with Crippen molar-refractivity contribution >= 4 is 40.9 Å². The van der Waals surface area contributed by atoms with Gasteiger partial charge in [0.05, 0.1) is 12.3 Å². The minimum Gasteiger partial charge on any atom is -0.336 e. The first-order valence-electron chi connectivity index (χ1n) is 7.55. The van der Waals surface area contributed by atoms with Gasteiger partial charge in [0.15, 0.2) is 0 Å². The van der Waals surface area contributed by atoms with Gasteiger partial charge in [-0.05, 0) is 42.0 Å². The van der Waals surface area contributed by atoms with Crippen LogP contribution in [0.5, 0.6) is 0 Å². The van der Waals surface area contributed by atoms with E-state index in [0.717, 1.165) is 5.56 Å². The number of amides is 2. The lowest BCUT2D eigenvalue weighted by atomic mass is 10.2. The van der Waals surface area contributed by atoms with Gasteiger partial charge in [0.25, 0.3) is 0 Å². The van der Waals surface area contributed by atoms with Crippen LogP contribution in [0.1, 0.15) is 5.56 Å². The highest BCUT2D eigenvalue weighted by molar-refractivity contribution is 7.99. The molecule has 2 amide bonds. The molecular formula is C18H18ClFN2O2S. The van der Waals surface area contributed by atoms with Gasteiger partial charge in [-0.3, -0.25) is 9.59 Å². The topological polar surface area (TPSA) is 49.4 Å². The Morgan fingerprint density at radius 2 is 1.92 bits per heavy atom. The Kier molecular flexibility index (Phi) is 7.28. The second-order valence-electron chi connectivity index (χ2n) is 5.43. The van der Waals surface area contributed by atoms with Crippen LogP contribution < -0.4 is 5.32 Å². The second kappa shape index (κ2) is 9.44. The monoisotopic (exact) mass is 380 g/mol. The summed E-state index contributed by atoms with van der Waals surface area (Å²) in [4.78, 5) is 25.4. The molecule has 0 unspecified atom stereocenters. The third-order valence-corrected chi connectivity index (χ3v) is 4.54. The van der Waals surface area contributed by atoms with Crippen molar-refractivity contribution in [1.29, 1.82) is 0 Å². The molecule has 4 nitrogen and oxygen atoms in total. The van der Waals surface area contributed by atoms with Crippen LogP contribution in [0.3, 0.4) is 0 Å². The lowest BCUT2D eigenvalue weighted by molar-refractivity contribution is -0.131. The van der Waals surface area contributed by atoms with Crippen LogP contribution in [0.4, 0.5) is 10.1 Å². The van der Waals surface area contributed by atoms with Crippen LogP contribution >= 0.6 is 23.4 Å². The number of nitrogens with zero attached hydrogens (tertiary/aromatic N) is 1. The SMILES string of the molecule is CN(CC(=O)Nc1ccc(F)cc1)C(=O)CSCc1cccc(Cl)c1. The zero-order valence-corrected chi connectivity index (χ0v) is 15.2. The Balaban J connectivity index is 1.73. The maximum absolute atomic E-state index is 12.8. The van der Waals surface area contributed by atoms with Crippen molar-refractivity contribution in [3.63, 3.8) is 0 Å². The molecule has 0 aliphatic rings.